The summed E-state index contributed by atoms with van der Waals surface area (Å²) in [6, 6.07) is 6.84. The Labute approximate surface area is 124 Å². The fraction of sp³-hybridized carbons (Fsp3) is 0.500. The van der Waals surface area contributed by atoms with Crippen molar-refractivity contribution in [3.63, 3.8) is 0 Å². The number of ether oxygens (including phenoxy) is 1. The first-order chi connectivity index (χ1) is 9.73. The lowest BCUT2D eigenvalue weighted by molar-refractivity contribution is 0.0140. The number of carbonyl (C=O) groups is 2. The molecule has 1 unspecified atom stereocenters. The van der Waals surface area contributed by atoms with E-state index in [0.717, 1.165) is 6.29 Å². The Balaban J connectivity index is 2.12. The van der Waals surface area contributed by atoms with Gasteiger partial charge in [-0.05, 0) is 38.8 Å². The van der Waals surface area contributed by atoms with E-state index < -0.39 is 17.3 Å². The lowest BCUT2D eigenvalue weighted by Crippen LogP contribution is -2.38. The number of rotatable bonds is 2. The van der Waals surface area contributed by atoms with Gasteiger partial charge in [-0.2, -0.15) is 0 Å². The van der Waals surface area contributed by atoms with Crippen LogP contribution in [0.2, 0.25) is 0 Å². The third-order valence-electron chi connectivity index (χ3n) is 3.46. The van der Waals surface area contributed by atoms with E-state index in [0.29, 0.717) is 24.1 Å². The molecule has 1 aliphatic heterocycles. The summed E-state index contributed by atoms with van der Waals surface area (Å²) in [6.07, 6.45) is 0.743. The van der Waals surface area contributed by atoms with Crippen molar-refractivity contribution in [2.45, 2.75) is 38.4 Å². The van der Waals surface area contributed by atoms with E-state index in [1.54, 1.807) is 45.0 Å². The first-order valence-electron chi connectivity index (χ1n) is 6.99. The molecule has 1 N–H and O–H groups in total. The maximum absolute atomic E-state index is 12.0. The Hall–Kier alpha value is -1.88. The third-order valence-corrected chi connectivity index (χ3v) is 3.46. The van der Waals surface area contributed by atoms with Crippen LogP contribution < -0.4 is 0 Å². The van der Waals surface area contributed by atoms with E-state index in [4.69, 9.17) is 4.74 Å². The molecule has 0 aromatic heterocycles. The second kappa shape index (κ2) is 5.48. The summed E-state index contributed by atoms with van der Waals surface area (Å²) >= 11 is 0. The van der Waals surface area contributed by atoms with Crippen LogP contribution in [0.3, 0.4) is 0 Å². The Morgan fingerprint density at radius 2 is 2.14 bits per heavy atom. The summed E-state index contributed by atoms with van der Waals surface area (Å²) in [5.41, 5.74) is -0.527. The van der Waals surface area contributed by atoms with Gasteiger partial charge in [0.2, 0.25) is 0 Å². The number of aldehydes is 1. The van der Waals surface area contributed by atoms with Gasteiger partial charge in [-0.1, -0.05) is 18.2 Å². The van der Waals surface area contributed by atoms with Crippen molar-refractivity contribution in [2.24, 2.45) is 0 Å². The average molecular weight is 291 g/mol. The molecule has 5 heteroatoms. The molecule has 0 radical (unpaired) electrons. The van der Waals surface area contributed by atoms with Crippen molar-refractivity contribution in [2.75, 3.05) is 13.1 Å². The number of hydrogen-bond donors (Lipinski definition) is 1. The average Bonchev–Trinajstić information content (AvgIpc) is 2.81. The minimum Gasteiger partial charge on any atom is -0.444 e. The van der Waals surface area contributed by atoms with Crippen LogP contribution in [0.15, 0.2) is 24.3 Å². The maximum atomic E-state index is 12.0. The normalized spacial score (nSPS) is 22.2. The van der Waals surface area contributed by atoms with Gasteiger partial charge in [0.1, 0.15) is 17.5 Å². The number of β-amino-alcohol motifs (C(OH)–C–C–N with tert-alkyl or cyclic N) is 1. The zero-order valence-corrected chi connectivity index (χ0v) is 12.6. The highest BCUT2D eigenvalue weighted by Gasteiger charge is 2.41. The monoisotopic (exact) mass is 291 g/mol. The SMILES string of the molecule is CC(C)(C)OC(=O)N1CCC(O)(c2cccc(C=O)c2)C1. The molecule has 21 heavy (non-hydrogen) atoms. The maximum Gasteiger partial charge on any atom is 0.410 e. The smallest absolute Gasteiger partial charge is 0.410 e. The fourth-order valence-electron chi connectivity index (χ4n) is 2.41. The number of aliphatic hydroxyl groups is 1. The molecule has 1 saturated heterocycles. The molecule has 0 saturated carbocycles. The number of amides is 1. The van der Waals surface area contributed by atoms with Crippen LogP contribution in [0.5, 0.6) is 0 Å². The number of carbonyl (C=O) groups excluding carboxylic acids is 2. The first-order valence-corrected chi connectivity index (χ1v) is 6.99. The zero-order valence-electron chi connectivity index (χ0n) is 12.6. The molecule has 114 valence electrons. The summed E-state index contributed by atoms with van der Waals surface area (Å²) in [5.74, 6) is 0. The molecule has 2 rings (SSSR count). The quantitative estimate of drug-likeness (QED) is 0.849. The van der Waals surface area contributed by atoms with E-state index in [9.17, 15) is 14.7 Å². The highest BCUT2D eigenvalue weighted by Crippen LogP contribution is 2.32. The van der Waals surface area contributed by atoms with Crippen molar-refractivity contribution >= 4 is 12.4 Å². The van der Waals surface area contributed by atoms with Crippen molar-refractivity contribution < 1.29 is 19.4 Å². The molecule has 5 nitrogen and oxygen atoms in total. The standard InChI is InChI=1S/C16H21NO4/c1-15(2,3)21-14(19)17-8-7-16(20,11-17)13-6-4-5-12(9-13)10-18/h4-6,9-10,20H,7-8,11H2,1-3H3. The lowest BCUT2D eigenvalue weighted by Gasteiger charge is -2.26. The summed E-state index contributed by atoms with van der Waals surface area (Å²) in [5, 5.41) is 10.7. The molecule has 0 bridgehead atoms. The van der Waals surface area contributed by atoms with E-state index in [1.807, 2.05) is 0 Å². The van der Waals surface area contributed by atoms with E-state index >= 15 is 0 Å². The second-order valence-corrected chi connectivity index (χ2v) is 6.43. The van der Waals surface area contributed by atoms with E-state index in [2.05, 4.69) is 0 Å². The predicted molar refractivity (Wildman–Crippen MR) is 78.2 cm³/mol. The van der Waals surface area contributed by atoms with Crippen LogP contribution in [0.25, 0.3) is 0 Å². The molecular formula is C16H21NO4. The fourth-order valence-corrected chi connectivity index (χ4v) is 2.41. The van der Waals surface area contributed by atoms with Gasteiger partial charge in [0.25, 0.3) is 0 Å². The molecule has 1 atom stereocenters. The molecular weight excluding hydrogens is 270 g/mol. The van der Waals surface area contributed by atoms with Gasteiger partial charge in [0, 0.05) is 12.1 Å². The van der Waals surface area contributed by atoms with Crippen LogP contribution in [0.4, 0.5) is 4.79 Å². The summed E-state index contributed by atoms with van der Waals surface area (Å²) < 4.78 is 5.32. The lowest BCUT2D eigenvalue weighted by atomic mass is 9.92. The molecule has 0 spiro atoms. The number of nitrogens with zero attached hydrogens (tertiary/aromatic N) is 1. The Kier molecular flexibility index (Phi) is 4.05. The third kappa shape index (κ3) is 3.61. The largest absolute Gasteiger partial charge is 0.444 e. The Morgan fingerprint density at radius 1 is 1.43 bits per heavy atom. The van der Waals surface area contributed by atoms with Gasteiger partial charge in [0.15, 0.2) is 0 Å². The number of hydrogen-bond acceptors (Lipinski definition) is 4. The highest BCUT2D eigenvalue weighted by atomic mass is 16.6. The van der Waals surface area contributed by atoms with Crippen molar-refractivity contribution in [1.29, 1.82) is 0 Å². The first kappa shape index (κ1) is 15.5. The molecule has 1 fully saturated rings. The minimum atomic E-state index is -1.13. The number of benzene rings is 1. The minimum absolute atomic E-state index is 0.171. The van der Waals surface area contributed by atoms with Crippen molar-refractivity contribution in [3.05, 3.63) is 35.4 Å². The van der Waals surface area contributed by atoms with Crippen LogP contribution in [-0.2, 0) is 10.3 Å². The Morgan fingerprint density at radius 3 is 2.76 bits per heavy atom. The molecule has 1 heterocycles. The van der Waals surface area contributed by atoms with Gasteiger partial charge in [-0.3, -0.25) is 4.79 Å². The van der Waals surface area contributed by atoms with Gasteiger partial charge in [0.05, 0.1) is 6.54 Å². The van der Waals surface area contributed by atoms with E-state index in [1.165, 1.54) is 4.90 Å². The van der Waals surface area contributed by atoms with Crippen LogP contribution in [0.1, 0.15) is 43.1 Å². The molecule has 1 aromatic carbocycles. The second-order valence-electron chi connectivity index (χ2n) is 6.43. The summed E-state index contributed by atoms with van der Waals surface area (Å²) in [4.78, 5) is 24.4. The van der Waals surface area contributed by atoms with E-state index in [-0.39, 0.29) is 6.54 Å². The summed E-state index contributed by atoms with van der Waals surface area (Å²) in [7, 11) is 0. The van der Waals surface area contributed by atoms with Gasteiger partial charge in [-0.25, -0.2) is 4.79 Å². The predicted octanol–water partition coefficient (Wildman–Crippen LogP) is 2.33. The van der Waals surface area contributed by atoms with Crippen LogP contribution in [-0.4, -0.2) is 41.1 Å². The van der Waals surface area contributed by atoms with Gasteiger partial charge in [-0.15, -0.1) is 0 Å². The van der Waals surface area contributed by atoms with Crippen LogP contribution in [0, 0.1) is 0 Å². The topological polar surface area (TPSA) is 66.8 Å². The van der Waals surface area contributed by atoms with Gasteiger partial charge < -0.3 is 14.7 Å². The zero-order chi connectivity index (χ0) is 15.7. The molecule has 1 aromatic rings. The molecule has 1 amide bonds. The molecule has 1 aliphatic rings. The van der Waals surface area contributed by atoms with Crippen molar-refractivity contribution in [3.8, 4) is 0 Å². The van der Waals surface area contributed by atoms with Crippen molar-refractivity contribution in [1.82, 2.24) is 4.90 Å². The molecule has 0 aliphatic carbocycles. The number of likely N-dealkylation sites (tertiary alicyclic amines) is 1. The Bertz CT molecular complexity index is 549. The van der Waals surface area contributed by atoms with Gasteiger partial charge >= 0.3 is 6.09 Å². The highest BCUT2D eigenvalue weighted by molar-refractivity contribution is 5.75. The van der Waals surface area contributed by atoms with Crippen LogP contribution >= 0.6 is 0 Å². The summed E-state index contributed by atoms with van der Waals surface area (Å²) in [6.45, 7) is 6.02.